The Morgan fingerprint density at radius 1 is 0.907 bits per heavy atom. The first kappa shape index (κ1) is 32.8. The number of sulfonamides is 1. The zero-order valence-corrected chi connectivity index (χ0v) is 27.1. The summed E-state index contributed by atoms with van der Waals surface area (Å²) >= 11 is 12.5. The molecule has 2 amide bonds. The summed E-state index contributed by atoms with van der Waals surface area (Å²) in [4.78, 5) is 29.8. The summed E-state index contributed by atoms with van der Waals surface area (Å²) in [6.07, 6.45) is 5.21. The van der Waals surface area contributed by atoms with Crippen LogP contribution < -0.4 is 9.62 Å². The molecule has 43 heavy (non-hydrogen) atoms. The maximum atomic E-state index is 14.4. The molecular weight excluding hydrogens is 605 g/mol. The highest BCUT2D eigenvalue weighted by atomic mass is 35.5. The van der Waals surface area contributed by atoms with Crippen molar-refractivity contribution in [1.29, 1.82) is 0 Å². The Labute approximate surface area is 265 Å². The molecule has 0 heterocycles. The lowest BCUT2D eigenvalue weighted by Crippen LogP contribution is -2.54. The number of hydrogen-bond donors (Lipinski definition) is 1. The average Bonchev–Trinajstić information content (AvgIpc) is 3.48. The van der Waals surface area contributed by atoms with E-state index in [-0.39, 0.29) is 30.8 Å². The van der Waals surface area contributed by atoms with Crippen molar-refractivity contribution in [2.24, 2.45) is 0 Å². The lowest BCUT2D eigenvalue weighted by atomic mass is 10.0. The molecule has 4 rings (SSSR count). The number of benzene rings is 3. The first-order valence-corrected chi connectivity index (χ1v) is 17.2. The third-order valence-corrected chi connectivity index (χ3v) is 9.68. The van der Waals surface area contributed by atoms with Gasteiger partial charge in [-0.15, -0.1) is 0 Å². The van der Waals surface area contributed by atoms with Gasteiger partial charge in [0.15, 0.2) is 0 Å². The van der Waals surface area contributed by atoms with Gasteiger partial charge < -0.3 is 10.2 Å². The Bertz CT molecular complexity index is 1530. The van der Waals surface area contributed by atoms with Gasteiger partial charge in [0.05, 0.1) is 22.0 Å². The van der Waals surface area contributed by atoms with Gasteiger partial charge in [-0.1, -0.05) is 104 Å². The van der Waals surface area contributed by atoms with Gasteiger partial charge in [-0.3, -0.25) is 13.9 Å². The Morgan fingerprint density at radius 3 is 2.19 bits per heavy atom. The van der Waals surface area contributed by atoms with Gasteiger partial charge in [-0.05, 0) is 53.6 Å². The molecule has 1 fully saturated rings. The van der Waals surface area contributed by atoms with Crippen LogP contribution in [0.4, 0.5) is 5.69 Å². The molecule has 1 unspecified atom stereocenters. The van der Waals surface area contributed by atoms with Crippen molar-refractivity contribution in [3.05, 3.63) is 99.5 Å². The second kappa shape index (κ2) is 14.6. The molecule has 0 spiro atoms. The van der Waals surface area contributed by atoms with Crippen LogP contribution in [0, 0.1) is 0 Å². The van der Waals surface area contributed by atoms with E-state index in [0.717, 1.165) is 47.4 Å². The van der Waals surface area contributed by atoms with Crippen LogP contribution in [-0.2, 0) is 32.6 Å². The molecule has 1 aliphatic carbocycles. The predicted molar refractivity (Wildman–Crippen MR) is 174 cm³/mol. The molecule has 0 radical (unpaired) electrons. The monoisotopic (exact) mass is 643 g/mol. The Kier molecular flexibility index (Phi) is 11.2. The van der Waals surface area contributed by atoms with Gasteiger partial charge >= 0.3 is 0 Å². The minimum atomic E-state index is -3.86. The number of halogens is 2. The smallest absolute Gasteiger partial charge is 0.244 e. The van der Waals surface area contributed by atoms with Crippen LogP contribution in [0.1, 0.15) is 62.1 Å². The Hall–Kier alpha value is -3.07. The minimum absolute atomic E-state index is 0.0193. The summed E-state index contributed by atoms with van der Waals surface area (Å²) in [5.41, 5.74) is 2.79. The molecule has 1 atom stereocenters. The molecule has 0 saturated heterocycles. The van der Waals surface area contributed by atoms with Gasteiger partial charge in [-0.2, -0.15) is 0 Å². The van der Waals surface area contributed by atoms with Crippen LogP contribution in [0.25, 0.3) is 0 Å². The Balaban J connectivity index is 1.77. The lowest BCUT2D eigenvalue weighted by molar-refractivity contribution is -0.140. The fourth-order valence-corrected chi connectivity index (χ4v) is 6.74. The van der Waals surface area contributed by atoms with E-state index in [1.807, 2.05) is 56.3 Å². The van der Waals surface area contributed by atoms with Crippen LogP contribution in [0.15, 0.2) is 72.8 Å². The fraction of sp³-hybridized carbons (Fsp3) is 0.394. The zero-order valence-electron chi connectivity index (χ0n) is 24.8. The molecule has 1 saturated carbocycles. The normalized spacial score (nSPS) is 14.5. The number of hydrogen-bond acceptors (Lipinski definition) is 4. The van der Waals surface area contributed by atoms with E-state index in [0.29, 0.717) is 21.3 Å². The number of nitrogens with one attached hydrogen (secondary N) is 1. The quantitative estimate of drug-likeness (QED) is 0.241. The van der Waals surface area contributed by atoms with Crippen molar-refractivity contribution >= 4 is 50.7 Å². The van der Waals surface area contributed by atoms with E-state index >= 15 is 0 Å². The average molecular weight is 645 g/mol. The Morgan fingerprint density at radius 2 is 1.56 bits per heavy atom. The van der Waals surface area contributed by atoms with Crippen molar-refractivity contribution in [3.63, 3.8) is 0 Å². The fourth-order valence-electron chi connectivity index (χ4n) is 5.55. The largest absolute Gasteiger partial charge is 0.352 e. The van der Waals surface area contributed by atoms with E-state index in [1.165, 1.54) is 4.90 Å². The molecule has 1 aliphatic rings. The van der Waals surface area contributed by atoms with Gasteiger partial charge in [0, 0.05) is 19.0 Å². The first-order chi connectivity index (χ1) is 20.4. The van der Waals surface area contributed by atoms with Crippen molar-refractivity contribution in [2.75, 3.05) is 17.1 Å². The highest BCUT2D eigenvalue weighted by Gasteiger charge is 2.34. The molecule has 0 bridgehead atoms. The van der Waals surface area contributed by atoms with E-state index < -0.39 is 28.5 Å². The molecular formula is C33H39Cl2N3O4S. The molecule has 7 nitrogen and oxygen atoms in total. The summed E-state index contributed by atoms with van der Waals surface area (Å²) in [6, 6.07) is 20.9. The molecule has 1 N–H and O–H groups in total. The molecule has 0 aromatic heterocycles. The SMILES string of the molecule is CC(C)c1ccccc1N(CC(=O)N(Cc1ccc(Cl)c(Cl)c1)C(Cc1ccccc1)C(=O)NC1CCCC1)S(C)(=O)=O. The third kappa shape index (κ3) is 8.74. The van der Waals surface area contributed by atoms with Gasteiger partial charge in [0.25, 0.3) is 0 Å². The minimum Gasteiger partial charge on any atom is -0.352 e. The zero-order chi connectivity index (χ0) is 31.1. The third-order valence-electron chi connectivity index (χ3n) is 7.82. The topological polar surface area (TPSA) is 86.8 Å². The standard InChI is InChI=1S/C33H39Cl2N3O4S/c1-23(2)27-15-9-10-16-30(27)38(43(3,41)42)22-32(39)37(21-25-17-18-28(34)29(35)19-25)31(20-24-11-5-4-6-12-24)33(40)36-26-13-7-8-14-26/h4-6,9-12,15-19,23,26,31H,7-8,13-14,20-22H2,1-3H3,(H,36,40). The molecule has 0 aliphatic heterocycles. The predicted octanol–water partition coefficient (Wildman–Crippen LogP) is 6.58. The maximum absolute atomic E-state index is 14.4. The second-order valence-electron chi connectivity index (χ2n) is 11.4. The van der Waals surface area contributed by atoms with Crippen LogP contribution in [0.5, 0.6) is 0 Å². The number of nitrogens with zero attached hydrogens (tertiary/aromatic N) is 2. The van der Waals surface area contributed by atoms with Gasteiger partial charge in [0.1, 0.15) is 12.6 Å². The maximum Gasteiger partial charge on any atom is 0.244 e. The second-order valence-corrected chi connectivity index (χ2v) is 14.2. The van der Waals surface area contributed by atoms with Crippen LogP contribution in [-0.4, -0.2) is 50.0 Å². The number of carbonyl (C=O) groups is 2. The number of anilines is 1. The van der Waals surface area contributed by atoms with Crippen molar-refractivity contribution in [3.8, 4) is 0 Å². The summed E-state index contributed by atoms with van der Waals surface area (Å²) in [5.74, 6) is -0.749. The molecule has 10 heteroatoms. The van der Waals surface area contributed by atoms with Gasteiger partial charge in [0.2, 0.25) is 21.8 Å². The molecule has 230 valence electrons. The summed E-state index contributed by atoms with van der Waals surface area (Å²) in [7, 11) is -3.86. The van der Waals surface area contributed by atoms with Crippen molar-refractivity contribution in [2.45, 2.75) is 70.5 Å². The number of para-hydroxylation sites is 1. The van der Waals surface area contributed by atoms with Crippen LogP contribution in [0.3, 0.4) is 0 Å². The van der Waals surface area contributed by atoms with Gasteiger partial charge in [-0.25, -0.2) is 8.42 Å². The van der Waals surface area contributed by atoms with E-state index in [1.54, 1.807) is 30.3 Å². The van der Waals surface area contributed by atoms with E-state index in [4.69, 9.17) is 23.2 Å². The highest BCUT2D eigenvalue weighted by molar-refractivity contribution is 7.92. The lowest BCUT2D eigenvalue weighted by Gasteiger charge is -2.34. The summed E-state index contributed by atoms with van der Waals surface area (Å²) in [6.45, 7) is 3.52. The van der Waals surface area contributed by atoms with Crippen LogP contribution in [0.2, 0.25) is 10.0 Å². The summed E-state index contributed by atoms with van der Waals surface area (Å²) in [5, 5.41) is 3.86. The van der Waals surface area contributed by atoms with E-state index in [2.05, 4.69) is 5.32 Å². The van der Waals surface area contributed by atoms with E-state index in [9.17, 15) is 18.0 Å². The first-order valence-electron chi connectivity index (χ1n) is 14.6. The van der Waals surface area contributed by atoms with Crippen molar-refractivity contribution < 1.29 is 18.0 Å². The molecule has 3 aromatic rings. The van der Waals surface area contributed by atoms with Crippen molar-refractivity contribution in [1.82, 2.24) is 10.2 Å². The number of carbonyl (C=O) groups excluding carboxylic acids is 2. The number of amides is 2. The number of rotatable bonds is 12. The molecule has 3 aromatic carbocycles. The summed E-state index contributed by atoms with van der Waals surface area (Å²) < 4.78 is 27.5. The highest BCUT2D eigenvalue weighted by Crippen LogP contribution is 2.30. The van der Waals surface area contributed by atoms with Crippen LogP contribution >= 0.6 is 23.2 Å².